The fourth-order valence-corrected chi connectivity index (χ4v) is 2.70. The molecule has 2 aliphatic heterocycles. The van der Waals surface area contributed by atoms with E-state index in [2.05, 4.69) is 10.00 Å². The van der Waals surface area contributed by atoms with Crippen LogP contribution in [0.4, 0.5) is 5.69 Å². The van der Waals surface area contributed by atoms with Crippen molar-refractivity contribution in [3.63, 3.8) is 0 Å². The summed E-state index contributed by atoms with van der Waals surface area (Å²) in [7, 11) is 0. The van der Waals surface area contributed by atoms with Gasteiger partial charge in [0.25, 0.3) is 0 Å². The first kappa shape index (κ1) is 11.6. The predicted molar refractivity (Wildman–Crippen MR) is 63.5 cm³/mol. The van der Waals surface area contributed by atoms with Crippen LogP contribution in [0.1, 0.15) is 18.2 Å². The molecule has 0 amide bonds. The number of nitro groups is 1. The summed E-state index contributed by atoms with van der Waals surface area (Å²) in [6.07, 6.45) is 2.35. The van der Waals surface area contributed by atoms with Gasteiger partial charge in [-0.15, -0.1) is 0 Å². The van der Waals surface area contributed by atoms with Gasteiger partial charge in [-0.05, 0) is 13.3 Å². The Hall–Kier alpha value is -1.47. The molecule has 2 aliphatic rings. The minimum Gasteiger partial charge on any atom is -0.378 e. The summed E-state index contributed by atoms with van der Waals surface area (Å²) in [6, 6.07) is 0.778. The van der Waals surface area contributed by atoms with Crippen LogP contribution in [-0.4, -0.2) is 51.9 Å². The Morgan fingerprint density at radius 2 is 2.28 bits per heavy atom. The first-order valence-corrected chi connectivity index (χ1v) is 6.17. The monoisotopic (exact) mass is 252 g/mol. The summed E-state index contributed by atoms with van der Waals surface area (Å²) in [5.74, 6) is 0. The lowest BCUT2D eigenvalue weighted by Crippen LogP contribution is -2.47. The second kappa shape index (κ2) is 4.33. The third-order valence-corrected chi connectivity index (χ3v) is 3.89. The van der Waals surface area contributed by atoms with Crippen LogP contribution in [0.2, 0.25) is 0 Å². The lowest BCUT2D eigenvalue weighted by atomic mass is 10.2. The molecule has 0 aromatic carbocycles. The van der Waals surface area contributed by atoms with E-state index >= 15 is 0 Å². The molecule has 2 fully saturated rings. The third-order valence-electron chi connectivity index (χ3n) is 3.89. The van der Waals surface area contributed by atoms with Crippen molar-refractivity contribution >= 4 is 5.69 Å². The minimum absolute atomic E-state index is 0.112. The zero-order valence-electron chi connectivity index (χ0n) is 10.3. The number of nitrogens with zero attached hydrogens (tertiary/aromatic N) is 4. The molecular weight excluding hydrogens is 236 g/mol. The zero-order chi connectivity index (χ0) is 12.7. The van der Waals surface area contributed by atoms with E-state index < -0.39 is 0 Å². The van der Waals surface area contributed by atoms with Gasteiger partial charge >= 0.3 is 5.69 Å². The zero-order valence-corrected chi connectivity index (χ0v) is 10.3. The Morgan fingerprint density at radius 1 is 1.50 bits per heavy atom. The second-order valence-corrected chi connectivity index (χ2v) is 4.95. The summed E-state index contributed by atoms with van der Waals surface area (Å²) in [5.41, 5.74) is 0.761. The van der Waals surface area contributed by atoms with Gasteiger partial charge in [0.1, 0.15) is 11.9 Å². The van der Waals surface area contributed by atoms with Crippen molar-refractivity contribution in [1.29, 1.82) is 0 Å². The van der Waals surface area contributed by atoms with Crippen molar-refractivity contribution in [2.75, 3.05) is 26.3 Å². The molecule has 0 unspecified atom stereocenters. The lowest BCUT2D eigenvalue weighted by Gasteiger charge is -2.34. The SMILES string of the molecule is Cc1c([N+](=O)[O-])cnn1[C@H]1CCN(C2COC2)C1. The van der Waals surface area contributed by atoms with Crippen LogP contribution in [0.25, 0.3) is 0 Å². The van der Waals surface area contributed by atoms with Crippen LogP contribution in [0.5, 0.6) is 0 Å². The van der Waals surface area contributed by atoms with Crippen LogP contribution in [0.15, 0.2) is 6.20 Å². The maximum atomic E-state index is 10.8. The Morgan fingerprint density at radius 3 is 2.83 bits per heavy atom. The molecule has 7 nitrogen and oxygen atoms in total. The standard InChI is InChI=1S/C11H16N4O3/c1-8-11(15(16)17)4-12-14(8)9-2-3-13(5-9)10-6-18-7-10/h4,9-10H,2-3,5-7H2,1H3/t9-/m0/s1. The molecule has 0 saturated carbocycles. The average molecular weight is 252 g/mol. The summed E-state index contributed by atoms with van der Waals surface area (Å²) in [6.45, 7) is 5.32. The highest BCUT2D eigenvalue weighted by Gasteiger charge is 2.34. The molecule has 0 N–H and O–H groups in total. The van der Waals surface area contributed by atoms with Gasteiger partial charge in [-0.3, -0.25) is 19.7 Å². The minimum atomic E-state index is -0.370. The van der Waals surface area contributed by atoms with E-state index in [1.165, 1.54) is 6.20 Å². The summed E-state index contributed by atoms with van der Waals surface area (Å²) in [5, 5.41) is 15.0. The number of hydrogen-bond donors (Lipinski definition) is 0. The molecule has 2 saturated heterocycles. The van der Waals surface area contributed by atoms with Crippen molar-refractivity contribution in [1.82, 2.24) is 14.7 Å². The van der Waals surface area contributed by atoms with E-state index in [1.54, 1.807) is 11.6 Å². The second-order valence-electron chi connectivity index (χ2n) is 4.95. The molecule has 98 valence electrons. The average Bonchev–Trinajstić information content (AvgIpc) is 2.82. The van der Waals surface area contributed by atoms with Gasteiger partial charge in [0.2, 0.25) is 0 Å². The quantitative estimate of drug-likeness (QED) is 0.586. The number of likely N-dealkylation sites (tertiary alicyclic amines) is 1. The van der Waals surface area contributed by atoms with Crippen molar-refractivity contribution < 1.29 is 9.66 Å². The van der Waals surface area contributed by atoms with Crippen molar-refractivity contribution in [3.8, 4) is 0 Å². The van der Waals surface area contributed by atoms with E-state index in [1.807, 2.05) is 0 Å². The van der Waals surface area contributed by atoms with Crippen molar-refractivity contribution in [2.45, 2.75) is 25.4 Å². The van der Waals surface area contributed by atoms with Crippen LogP contribution >= 0.6 is 0 Å². The molecule has 3 heterocycles. The van der Waals surface area contributed by atoms with Gasteiger partial charge in [-0.25, -0.2) is 0 Å². The first-order valence-electron chi connectivity index (χ1n) is 6.17. The Bertz CT molecular complexity index is 469. The van der Waals surface area contributed by atoms with Gasteiger partial charge in [-0.2, -0.15) is 5.10 Å². The number of rotatable bonds is 3. The highest BCUT2D eigenvalue weighted by atomic mass is 16.6. The van der Waals surface area contributed by atoms with Gasteiger partial charge in [-0.1, -0.05) is 0 Å². The molecular formula is C11H16N4O3. The number of aromatic nitrogens is 2. The van der Waals surface area contributed by atoms with Crippen LogP contribution < -0.4 is 0 Å². The topological polar surface area (TPSA) is 73.4 Å². The number of hydrogen-bond acceptors (Lipinski definition) is 5. The molecule has 3 rings (SSSR count). The molecule has 0 radical (unpaired) electrons. The van der Waals surface area contributed by atoms with Crippen molar-refractivity contribution in [2.24, 2.45) is 0 Å². The van der Waals surface area contributed by atoms with Crippen LogP contribution in [0.3, 0.4) is 0 Å². The van der Waals surface area contributed by atoms with E-state index in [9.17, 15) is 10.1 Å². The molecule has 0 bridgehead atoms. The van der Waals surface area contributed by atoms with Crippen LogP contribution in [-0.2, 0) is 4.74 Å². The molecule has 18 heavy (non-hydrogen) atoms. The molecule has 1 aromatic heterocycles. The predicted octanol–water partition coefficient (Wildman–Crippen LogP) is 0.745. The smallest absolute Gasteiger partial charge is 0.309 e. The first-order chi connectivity index (χ1) is 8.66. The van der Waals surface area contributed by atoms with Crippen molar-refractivity contribution in [3.05, 3.63) is 22.0 Å². The molecule has 0 spiro atoms. The Kier molecular flexibility index (Phi) is 2.79. The summed E-state index contributed by atoms with van der Waals surface area (Å²) < 4.78 is 7.00. The highest BCUT2D eigenvalue weighted by molar-refractivity contribution is 5.32. The maximum absolute atomic E-state index is 10.8. The van der Waals surface area contributed by atoms with Crippen LogP contribution in [0, 0.1) is 17.0 Å². The Balaban J connectivity index is 1.74. The Labute approximate surface area is 104 Å². The van der Waals surface area contributed by atoms with Gasteiger partial charge in [0, 0.05) is 13.1 Å². The fraction of sp³-hybridized carbons (Fsp3) is 0.727. The molecule has 0 aliphatic carbocycles. The van der Waals surface area contributed by atoms with Gasteiger partial charge in [0.05, 0.1) is 30.2 Å². The third kappa shape index (κ3) is 1.79. The van der Waals surface area contributed by atoms with E-state index in [4.69, 9.17) is 4.74 Å². The van der Waals surface area contributed by atoms with E-state index in [0.717, 1.165) is 32.7 Å². The fourth-order valence-electron chi connectivity index (χ4n) is 2.70. The van der Waals surface area contributed by atoms with Gasteiger partial charge < -0.3 is 4.74 Å². The summed E-state index contributed by atoms with van der Waals surface area (Å²) >= 11 is 0. The van der Waals surface area contributed by atoms with Gasteiger partial charge in [0.15, 0.2) is 0 Å². The molecule has 1 atom stereocenters. The molecule has 7 heteroatoms. The normalized spacial score (nSPS) is 25.3. The molecule has 1 aromatic rings. The largest absolute Gasteiger partial charge is 0.378 e. The number of ether oxygens (including phenoxy) is 1. The van der Waals surface area contributed by atoms with E-state index in [0.29, 0.717) is 11.7 Å². The van der Waals surface area contributed by atoms with E-state index in [-0.39, 0.29) is 16.7 Å². The maximum Gasteiger partial charge on any atom is 0.309 e. The lowest BCUT2D eigenvalue weighted by molar-refractivity contribution is -0.385. The highest BCUT2D eigenvalue weighted by Crippen LogP contribution is 2.28. The summed E-state index contributed by atoms with van der Waals surface area (Å²) in [4.78, 5) is 12.8.